The van der Waals surface area contributed by atoms with Gasteiger partial charge >= 0.3 is 0 Å². The zero-order chi connectivity index (χ0) is 7.66. The largest absolute Gasteiger partial charge is 0.418 e. The van der Waals surface area contributed by atoms with E-state index in [-0.39, 0.29) is 0 Å². The minimum Gasteiger partial charge on any atom is -0.418 e. The first kappa shape index (κ1) is 10.4. The summed E-state index contributed by atoms with van der Waals surface area (Å²) in [5.41, 5.74) is 0. The van der Waals surface area contributed by atoms with Crippen molar-refractivity contribution in [3.8, 4) is 0 Å². The topological polar surface area (TPSA) is 18.5 Å². The van der Waals surface area contributed by atoms with Crippen LogP contribution in [0.25, 0.3) is 0 Å². The maximum Gasteiger partial charge on any atom is 0.229 e. The van der Waals surface area contributed by atoms with Crippen LogP contribution >= 0.6 is 0 Å². The van der Waals surface area contributed by atoms with E-state index in [0.29, 0.717) is 19.5 Å². The van der Waals surface area contributed by atoms with Gasteiger partial charge in [-0.3, -0.25) is 0 Å². The van der Waals surface area contributed by atoms with Crippen LogP contribution in [0.1, 0.15) is 13.8 Å². The minimum absolute atomic E-state index is 0.670. The Morgan fingerprint density at radius 2 is 1.30 bits per heavy atom. The molecule has 0 saturated heterocycles. The van der Waals surface area contributed by atoms with E-state index >= 15 is 0 Å². The lowest BCUT2D eigenvalue weighted by atomic mass is 10.9. The molecule has 0 rings (SSSR count). The molecule has 10 heavy (non-hydrogen) atoms. The van der Waals surface area contributed by atoms with E-state index in [2.05, 4.69) is 0 Å². The van der Waals surface area contributed by atoms with Crippen LogP contribution in [0.15, 0.2) is 0 Å². The summed E-state index contributed by atoms with van der Waals surface area (Å²) in [4.78, 5) is 0. The molecule has 0 aliphatic rings. The van der Waals surface area contributed by atoms with E-state index < -0.39 is 0 Å². The fourth-order valence-electron chi connectivity index (χ4n) is 0.451. The fraction of sp³-hybridized carbons (Fsp3) is 1.00. The number of hydrogen-bond donors (Lipinski definition) is 0. The van der Waals surface area contributed by atoms with Gasteiger partial charge in [-0.1, -0.05) is 0 Å². The summed E-state index contributed by atoms with van der Waals surface area (Å²) >= 11 is 0. The van der Waals surface area contributed by atoms with E-state index in [4.69, 9.17) is 8.85 Å². The lowest BCUT2D eigenvalue weighted by Crippen LogP contribution is -2.02. The van der Waals surface area contributed by atoms with Crippen LogP contribution in [0.3, 0.4) is 0 Å². The van der Waals surface area contributed by atoms with Gasteiger partial charge in [-0.15, -0.1) is 0 Å². The van der Waals surface area contributed by atoms with Crippen LogP contribution in [0.5, 0.6) is 0 Å². The van der Waals surface area contributed by atoms with Gasteiger partial charge in [0, 0.05) is 13.2 Å². The molecule has 0 aromatic heterocycles. The third-order valence-electron chi connectivity index (χ3n) is 0.822. The number of hydrogen-bond acceptors (Lipinski definition) is 2. The summed E-state index contributed by atoms with van der Waals surface area (Å²) in [5, 5.41) is 0. The molecule has 0 aromatic carbocycles. The first-order valence-electron chi connectivity index (χ1n) is 3.61. The monoisotopic (exact) mass is 174 g/mol. The highest BCUT2D eigenvalue weighted by Crippen LogP contribution is 1.89. The third kappa shape index (κ3) is 8.35. The summed E-state index contributed by atoms with van der Waals surface area (Å²) in [6, 6.07) is 2.32. The second kappa shape index (κ2) is 9.35. The molecule has 0 bridgehead atoms. The molecular weight excluding hydrogens is 160 g/mol. The molecule has 58 valence electrons. The van der Waals surface area contributed by atoms with Gasteiger partial charge in [0.05, 0.1) is 0 Å². The molecular formula is C6H14O2Si2. The van der Waals surface area contributed by atoms with E-state index in [1.54, 1.807) is 0 Å². The molecule has 0 N–H and O–H groups in total. The summed E-state index contributed by atoms with van der Waals surface area (Å²) in [6.45, 7) is 5.74. The molecule has 0 heterocycles. The van der Waals surface area contributed by atoms with Crippen LogP contribution in [0, 0.1) is 0 Å². The normalized spacial score (nSPS) is 10.2. The Morgan fingerprint density at radius 3 is 1.60 bits per heavy atom. The summed E-state index contributed by atoms with van der Waals surface area (Å²) in [7, 11) is 1.34. The van der Waals surface area contributed by atoms with Crippen LogP contribution in [-0.2, 0) is 8.85 Å². The maximum absolute atomic E-state index is 5.19. The zero-order valence-corrected chi connectivity index (χ0v) is 8.64. The zero-order valence-electron chi connectivity index (χ0n) is 6.64. The molecule has 0 aliphatic carbocycles. The first-order valence-corrected chi connectivity index (χ1v) is 5.84. The van der Waals surface area contributed by atoms with Gasteiger partial charge < -0.3 is 8.85 Å². The molecule has 0 fully saturated rings. The molecule has 2 nitrogen and oxygen atoms in total. The maximum atomic E-state index is 5.19. The molecule has 0 amide bonds. The van der Waals surface area contributed by atoms with Crippen molar-refractivity contribution in [2.24, 2.45) is 0 Å². The van der Waals surface area contributed by atoms with Crippen molar-refractivity contribution in [3.63, 3.8) is 0 Å². The Hall–Kier alpha value is 0.354. The minimum atomic E-state index is 0.670. The second-order valence-electron chi connectivity index (χ2n) is 1.65. The van der Waals surface area contributed by atoms with Crippen molar-refractivity contribution in [1.29, 1.82) is 0 Å². The van der Waals surface area contributed by atoms with Gasteiger partial charge in [0.25, 0.3) is 0 Å². The van der Waals surface area contributed by atoms with Crippen molar-refractivity contribution in [1.82, 2.24) is 0 Å². The molecule has 0 aromatic rings. The number of rotatable bonds is 7. The second-order valence-corrected chi connectivity index (χ2v) is 3.81. The highest BCUT2D eigenvalue weighted by atomic mass is 28.2. The fourth-order valence-corrected chi connectivity index (χ4v) is 1.96. The molecule has 4 radical (unpaired) electrons. The Kier molecular flexibility index (Phi) is 9.68. The van der Waals surface area contributed by atoms with E-state index in [0.717, 1.165) is 25.3 Å². The van der Waals surface area contributed by atoms with Gasteiger partial charge in [-0.2, -0.15) is 0 Å². The lowest BCUT2D eigenvalue weighted by molar-refractivity contribution is 0.354. The predicted octanol–water partition coefficient (Wildman–Crippen LogP) is 1.13. The molecule has 0 atom stereocenters. The average Bonchev–Trinajstić information content (AvgIpc) is 1.97. The Labute approximate surface area is 68.2 Å². The first-order chi connectivity index (χ1) is 4.91. The molecule has 0 aliphatic heterocycles. The Bertz CT molecular complexity index is 53.7. The standard InChI is InChI=1S/C6H14O2Si2/c1-3-7-9-5-6-10-8-4-2/h3-6H2,1-2H3. The Balaban J connectivity index is 2.65. The van der Waals surface area contributed by atoms with Crippen molar-refractivity contribution in [2.45, 2.75) is 25.9 Å². The predicted molar refractivity (Wildman–Crippen MR) is 44.4 cm³/mol. The molecule has 0 spiro atoms. The van der Waals surface area contributed by atoms with E-state index in [1.807, 2.05) is 13.8 Å². The van der Waals surface area contributed by atoms with Gasteiger partial charge in [0.1, 0.15) is 0 Å². The van der Waals surface area contributed by atoms with E-state index in [9.17, 15) is 0 Å². The van der Waals surface area contributed by atoms with Crippen molar-refractivity contribution in [3.05, 3.63) is 0 Å². The molecule has 4 heteroatoms. The van der Waals surface area contributed by atoms with Gasteiger partial charge in [0.15, 0.2) is 0 Å². The van der Waals surface area contributed by atoms with Crippen LogP contribution in [0.2, 0.25) is 12.1 Å². The van der Waals surface area contributed by atoms with Crippen LogP contribution < -0.4 is 0 Å². The Morgan fingerprint density at radius 1 is 0.900 bits per heavy atom. The molecule has 0 unspecified atom stereocenters. The highest BCUT2D eigenvalue weighted by molar-refractivity contribution is 6.34. The van der Waals surface area contributed by atoms with E-state index in [1.165, 1.54) is 0 Å². The van der Waals surface area contributed by atoms with Crippen molar-refractivity contribution in [2.75, 3.05) is 13.2 Å². The van der Waals surface area contributed by atoms with Gasteiger partial charge in [-0.05, 0) is 25.9 Å². The average molecular weight is 174 g/mol. The van der Waals surface area contributed by atoms with Gasteiger partial charge in [-0.25, -0.2) is 0 Å². The quantitative estimate of drug-likeness (QED) is 0.425. The smallest absolute Gasteiger partial charge is 0.229 e. The summed E-state index contributed by atoms with van der Waals surface area (Å²) < 4.78 is 10.4. The molecule has 0 saturated carbocycles. The highest BCUT2D eigenvalue weighted by Gasteiger charge is 1.92. The van der Waals surface area contributed by atoms with Crippen LogP contribution in [-0.4, -0.2) is 32.7 Å². The van der Waals surface area contributed by atoms with Gasteiger partial charge in [0.2, 0.25) is 19.5 Å². The third-order valence-corrected chi connectivity index (χ3v) is 3.22. The summed E-state index contributed by atoms with van der Waals surface area (Å²) in [6.07, 6.45) is 0. The van der Waals surface area contributed by atoms with Crippen molar-refractivity contribution >= 4 is 19.5 Å². The lowest BCUT2D eigenvalue weighted by Gasteiger charge is -1.97. The van der Waals surface area contributed by atoms with Crippen LogP contribution in [0.4, 0.5) is 0 Å². The summed E-state index contributed by atoms with van der Waals surface area (Å²) in [5.74, 6) is 0. The van der Waals surface area contributed by atoms with Crippen molar-refractivity contribution < 1.29 is 8.85 Å². The SMILES string of the molecule is CCO[Si]CC[Si]OCC.